The number of benzene rings is 3. The Morgan fingerprint density at radius 2 is 1.61 bits per heavy atom. The molecule has 1 aromatic heterocycles. The smallest absolute Gasteiger partial charge is 0.344 e. The van der Waals surface area contributed by atoms with Gasteiger partial charge >= 0.3 is 5.97 Å². The van der Waals surface area contributed by atoms with Crippen molar-refractivity contribution in [3.8, 4) is 28.3 Å². The predicted octanol–water partition coefficient (Wildman–Crippen LogP) is 7.13. The zero-order chi connectivity index (χ0) is 24.7. The number of carbonyl (C=O) groups excluding carboxylic acids is 1. The van der Waals surface area contributed by atoms with Crippen LogP contribution in [-0.4, -0.2) is 24.2 Å². The van der Waals surface area contributed by atoms with E-state index in [1.165, 1.54) is 11.1 Å². The first-order valence-corrected chi connectivity index (χ1v) is 12.4. The zero-order valence-electron chi connectivity index (χ0n) is 20.4. The minimum atomic E-state index is -0.365. The lowest BCUT2D eigenvalue weighted by Crippen LogP contribution is -2.14. The molecule has 5 rings (SSSR count). The molecule has 0 saturated heterocycles. The van der Waals surface area contributed by atoms with Gasteiger partial charge in [0.25, 0.3) is 0 Å². The van der Waals surface area contributed by atoms with Gasteiger partial charge in [-0.15, -0.1) is 0 Å². The Hall–Kier alpha value is -4.12. The largest absolute Gasteiger partial charge is 0.482 e. The zero-order valence-corrected chi connectivity index (χ0v) is 20.4. The molecule has 3 aromatic carbocycles. The van der Waals surface area contributed by atoms with Gasteiger partial charge in [0.2, 0.25) is 0 Å². The fourth-order valence-corrected chi connectivity index (χ4v) is 4.67. The molecule has 0 radical (unpaired) electrons. The van der Waals surface area contributed by atoms with Gasteiger partial charge in [0, 0.05) is 17.5 Å². The second-order valence-corrected chi connectivity index (χ2v) is 8.75. The summed E-state index contributed by atoms with van der Waals surface area (Å²) < 4.78 is 17.0. The van der Waals surface area contributed by atoms with Crippen LogP contribution in [-0.2, 0) is 16.0 Å². The number of hydrogen-bond donors (Lipinski definition) is 0. The number of esters is 1. The maximum absolute atomic E-state index is 11.7. The maximum atomic E-state index is 11.7. The van der Waals surface area contributed by atoms with Crippen LogP contribution in [0, 0.1) is 0 Å². The second kappa shape index (κ2) is 11.1. The van der Waals surface area contributed by atoms with Gasteiger partial charge in [-0.25, -0.2) is 9.78 Å². The first-order chi connectivity index (χ1) is 17.7. The lowest BCUT2D eigenvalue weighted by Gasteiger charge is -2.10. The lowest BCUT2D eigenvalue weighted by molar-refractivity contribution is -0.145. The quantitative estimate of drug-likeness (QED) is 0.239. The van der Waals surface area contributed by atoms with E-state index < -0.39 is 0 Å². The van der Waals surface area contributed by atoms with Crippen LogP contribution < -0.4 is 4.74 Å². The number of carbonyl (C=O) groups is 1. The minimum Gasteiger partial charge on any atom is -0.482 e. The summed E-state index contributed by atoms with van der Waals surface area (Å²) in [6, 6.07) is 28.2. The molecule has 5 heteroatoms. The summed E-state index contributed by atoms with van der Waals surface area (Å²) in [4.78, 5) is 16.6. The topological polar surface area (TPSA) is 61.6 Å². The van der Waals surface area contributed by atoms with E-state index >= 15 is 0 Å². The number of ether oxygens (including phenoxy) is 2. The molecule has 4 aromatic rings. The Labute approximate surface area is 211 Å². The molecule has 182 valence electrons. The van der Waals surface area contributed by atoms with Crippen molar-refractivity contribution in [3.05, 3.63) is 102 Å². The van der Waals surface area contributed by atoms with Crippen LogP contribution >= 0.6 is 0 Å². The molecule has 0 N–H and O–H groups in total. The monoisotopic (exact) mass is 479 g/mol. The van der Waals surface area contributed by atoms with Crippen molar-refractivity contribution < 1.29 is 18.7 Å². The summed E-state index contributed by atoms with van der Waals surface area (Å²) in [6.45, 7) is 2.04. The highest BCUT2D eigenvalue weighted by Gasteiger charge is 2.22. The van der Waals surface area contributed by atoms with Gasteiger partial charge in [-0.05, 0) is 49.5 Å². The maximum Gasteiger partial charge on any atom is 0.344 e. The highest BCUT2D eigenvalue weighted by Crippen LogP contribution is 2.38. The number of allylic oxidation sites excluding steroid dienone is 2. The number of nitrogens with zero attached hydrogens (tertiary/aromatic N) is 1. The molecular weight excluding hydrogens is 450 g/mol. The van der Waals surface area contributed by atoms with Crippen LogP contribution in [0.4, 0.5) is 0 Å². The summed E-state index contributed by atoms with van der Waals surface area (Å²) in [5.74, 6) is 1.81. The SMILES string of the molecule is CCOC(=O)COc1cccc(C2=C(Cc3nc(-c4ccccc4)c(-c4ccccc4)o3)CCC2)c1. The van der Waals surface area contributed by atoms with E-state index in [2.05, 4.69) is 30.3 Å². The van der Waals surface area contributed by atoms with Gasteiger partial charge in [0.15, 0.2) is 18.3 Å². The molecule has 1 aliphatic carbocycles. The third-order valence-corrected chi connectivity index (χ3v) is 6.30. The molecule has 5 nitrogen and oxygen atoms in total. The highest BCUT2D eigenvalue weighted by atomic mass is 16.6. The second-order valence-electron chi connectivity index (χ2n) is 8.75. The molecule has 0 aliphatic heterocycles. The Bertz CT molecular complexity index is 1300. The highest BCUT2D eigenvalue weighted by molar-refractivity contribution is 5.77. The van der Waals surface area contributed by atoms with Gasteiger partial charge in [-0.3, -0.25) is 0 Å². The fourth-order valence-electron chi connectivity index (χ4n) is 4.67. The first-order valence-electron chi connectivity index (χ1n) is 12.4. The number of aromatic nitrogens is 1. The molecule has 0 saturated carbocycles. The standard InChI is InChI=1S/C31H29NO4/c1-2-34-29(33)21-35-26-17-9-15-24(19-26)27-18-10-16-25(27)20-28-32-30(22-11-5-3-6-12-22)31(36-28)23-13-7-4-8-14-23/h3-9,11-15,17,19H,2,10,16,18,20-21H2,1H3. The van der Waals surface area contributed by atoms with E-state index in [1.54, 1.807) is 6.92 Å². The van der Waals surface area contributed by atoms with Crippen molar-refractivity contribution >= 4 is 11.5 Å². The van der Waals surface area contributed by atoms with Crippen molar-refractivity contribution in [2.24, 2.45) is 0 Å². The van der Waals surface area contributed by atoms with Gasteiger partial charge in [0.05, 0.1) is 6.61 Å². The average molecular weight is 480 g/mol. The normalized spacial score (nSPS) is 13.1. The van der Waals surface area contributed by atoms with Crippen molar-refractivity contribution in [1.29, 1.82) is 0 Å². The summed E-state index contributed by atoms with van der Waals surface area (Å²) >= 11 is 0. The lowest BCUT2D eigenvalue weighted by atomic mass is 10.00. The van der Waals surface area contributed by atoms with E-state index in [9.17, 15) is 4.79 Å². The third-order valence-electron chi connectivity index (χ3n) is 6.30. The van der Waals surface area contributed by atoms with Crippen molar-refractivity contribution in [2.75, 3.05) is 13.2 Å². The molecule has 36 heavy (non-hydrogen) atoms. The Morgan fingerprint density at radius 1 is 0.889 bits per heavy atom. The Balaban J connectivity index is 1.43. The first kappa shape index (κ1) is 23.6. The molecule has 0 fully saturated rings. The summed E-state index contributed by atoms with van der Waals surface area (Å²) in [5.41, 5.74) is 6.67. The summed E-state index contributed by atoms with van der Waals surface area (Å²) in [6.07, 6.45) is 3.76. The number of hydrogen-bond acceptors (Lipinski definition) is 5. The molecular formula is C31H29NO4. The molecule has 0 spiro atoms. The van der Waals surface area contributed by atoms with Gasteiger partial charge in [-0.1, -0.05) is 78.4 Å². The molecule has 0 unspecified atom stereocenters. The predicted molar refractivity (Wildman–Crippen MR) is 140 cm³/mol. The number of rotatable bonds is 9. The Kier molecular flexibility index (Phi) is 7.27. The van der Waals surface area contributed by atoms with E-state index in [4.69, 9.17) is 18.9 Å². The molecule has 0 bridgehead atoms. The summed E-state index contributed by atoms with van der Waals surface area (Å²) in [7, 11) is 0. The van der Waals surface area contributed by atoms with Gasteiger partial charge in [0.1, 0.15) is 11.4 Å². The fraction of sp³-hybridized carbons (Fsp3) is 0.226. The average Bonchev–Trinajstić information content (AvgIpc) is 3.56. The van der Waals surface area contributed by atoms with Crippen LogP contribution in [0.25, 0.3) is 28.2 Å². The molecule has 0 amide bonds. The van der Waals surface area contributed by atoms with Crippen LogP contribution in [0.5, 0.6) is 5.75 Å². The van der Waals surface area contributed by atoms with Crippen LogP contribution in [0.3, 0.4) is 0 Å². The van der Waals surface area contributed by atoms with Crippen molar-refractivity contribution in [2.45, 2.75) is 32.6 Å². The van der Waals surface area contributed by atoms with Crippen LogP contribution in [0.2, 0.25) is 0 Å². The molecule has 1 heterocycles. The van der Waals surface area contributed by atoms with Crippen molar-refractivity contribution in [1.82, 2.24) is 4.98 Å². The van der Waals surface area contributed by atoms with E-state index in [0.29, 0.717) is 18.8 Å². The van der Waals surface area contributed by atoms with E-state index in [-0.39, 0.29) is 12.6 Å². The third kappa shape index (κ3) is 5.41. The number of oxazole rings is 1. The van der Waals surface area contributed by atoms with Gasteiger partial charge in [-0.2, -0.15) is 0 Å². The van der Waals surface area contributed by atoms with Crippen molar-refractivity contribution in [3.63, 3.8) is 0 Å². The summed E-state index contributed by atoms with van der Waals surface area (Å²) in [5, 5.41) is 0. The minimum absolute atomic E-state index is 0.0932. The van der Waals surface area contributed by atoms with Crippen LogP contribution in [0.15, 0.2) is 94.9 Å². The van der Waals surface area contributed by atoms with Gasteiger partial charge < -0.3 is 13.9 Å². The Morgan fingerprint density at radius 3 is 2.36 bits per heavy atom. The molecule has 0 atom stereocenters. The van der Waals surface area contributed by atoms with Crippen LogP contribution in [0.1, 0.15) is 37.6 Å². The van der Waals surface area contributed by atoms with E-state index in [0.717, 1.165) is 53.3 Å². The molecule has 1 aliphatic rings. The van der Waals surface area contributed by atoms with E-state index in [1.807, 2.05) is 54.6 Å².